The van der Waals surface area contributed by atoms with Gasteiger partial charge in [0.2, 0.25) is 5.91 Å². The molecule has 1 aromatic carbocycles. The third kappa shape index (κ3) is 5.94. The summed E-state index contributed by atoms with van der Waals surface area (Å²) in [5.41, 5.74) is 1.36. The number of aryl methyl sites for hydroxylation is 1. The first-order valence-electron chi connectivity index (χ1n) is 6.52. The molecule has 21 heavy (non-hydrogen) atoms. The molecule has 0 saturated heterocycles. The zero-order chi connectivity index (χ0) is 15.8. The second-order valence-corrected chi connectivity index (χ2v) is 4.53. The maximum Gasteiger partial charge on any atom is 0.319 e. The van der Waals surface area contributed by atoms with Crippen LogP contribution in [0.15, 0.2) is 24.3 Å². The number of carbonyl (C=O) groups excluding carboxylic acids is 2. The van der Waals surface area contributed by atoms with Gasteiger partial charge in [0.1, 0.15) is 6.04 Å². The van der Waals surface area contributed by atoms with Crippen LogP contribution in [0.25, 0.3) is 0 Å². The van der Waals surface area contributed by atoms with Crippen LogP contribution in [0.4, 0.5) is 10.5 Å². The van der Waals surface area contributed by atoms with Crippen molar-refractivity contribution in [2.24, 2.45) is 0 Å². The molecule has 0 spiro atoms. The van der Waals surface area contributed by atoms with Gasteiger partial charge in [0, 0.05) is 19.2 Å². The van der Waals surface area contributed by atoms with Crippen molar-refractivity contribution in [1.82, 2.24) is 10.6 Å². The molecule has 7 heteroatoms. The van der Waals surface area contributed by atoms with Crippen molar-refractivity contribution >= 4 is 23.6 Å². The molecule has 0 bridgehead atoms. The van der Waals surface area contributed by atoms with E-state index in [9.17, 15) is 14.4 Å². The van der Waals surface area contributed by atoms with Crippen molar-refractivity contribution < 1.29 is 19.5 Å². The maximum absolute atomic E-state index is 11.7. The maximum atomic E-state index is 11.7. The lowest BCUT2D eigenvalue weighted by Gasteiger charge is -2.13. The first kappa shape index (κ1) is 16.5. The quantitative estimate of drug-likeness (QED) is 0.626. The van der Waals surface area contributed by atoms with Crippen molar-refractivity contribution in [2.75, 3.05) is 12.4 Å². The molecule has 0 aromatic heterocycles. The van der Waals surface area contributed by atoms with Gasteiger partial charge in [-0.05, 0) is 31.0 Å². The predicted molar refractivity (Wildman–Crippen MR) is 78.1 cm³/mol. The number of carboxylic acid groups (broad SMARTS) is 1. The lowest BCUT2D eigenvalue weighted by Crippen LogP contribution is -2.45. The van der Waals surface area contributed by atoms with E-state index >= 15 is 0 Å². The fourth-order valence-electron chi connectivity index (χ4n) is 1.70. The Hall–Kier alpha value is -2.57. The minimum absolute atomic E-state index is 0.0311. The molecule has 0 radical (unpaired) electrons. The molecule has 1 atom stereocenters. The standard InChI is InChI=1S/C14H19N3O4/c1-9(13(20)15-2)16-14(21)17-11-5-3-4-10(8-11)6-7-12(18)19/h3-5,8-9H,6-7H2,1-2H3,(H,15,20)(H,18,19)(H2,16,17,21). The van der Waals surface area contributed by atoms with Crippen LogP contribution in [-0.2, 0) is 16.0 Å². The van der Waals surface area contributed by atoms with Crippen LogP contribution in [0.5, 0.6) is 0 Å². The molecule has 0 fully saturated rings. The SMILES string of the molecule is CNC(=O)C(C)NC(=O)Nc1cccc(CCC(=O)O)c1. The van der Waals surface area contributed by atoms with Gasteiger partial charge in [-0.15, -0.1) is 0 Å². The number of nitrogens with one attached hydrogen (secondary N) is 3. The van der Waals surface area contributed by atoms with Crippen LogP contribution in [0.2, 0.25) is 0 Å². The molecular formula is C14H19N3O4. The Bertz CT molecular complexity index is 531. The van der Waals surface area contributed by atoms with Crippen LogP contribution < -0.4 is 16.0 Å². The Kier molecular flexibility index (Phi) is 6.19. The Balaban J connectivity index is 2.58. The van der Waals surface area contributed by atoms with E-state index in [-0.39, 0.29) is 12.3 Å². The zero-order valence-corrected chi connectivity index (χ0v) is 12.0. The highest BCUT2D eigenvalue weighted by molar-refractivity contribution is 5.93. The van der Waals surface area contributed by atoms with E-state index in [1.807, 2.05) is 0 Å². The second-order valence-electron chi connectivity index (χ2n) is 4.53. The number of carboxylic acids is 1. The van der Waals surface area contributed by atoms with Crippen molar-refractivity contribution in [1.29, 1.82) is 0 Å². The molecule has 114 valence electrons. The summed E-state index contributed by atoms with van der Waals surface area (Å²) in [5, 5.41) is 16.2. The second kappa shape index (κ2) is 7.88. The summed E-state index contributed by atoms with van der Waals surface area (Å²) in [6.07, 6.45) is 0.421. The predicted octanol–water partition coefficient (Wildman–Crippen LogP) is 0.960. The summed E-state index contributed by atoms with van der Waals surface area (Å²) in [5.74, 6) is -1.16. The summed E-state index contributed by atoms with van der Waals surface area (Å²) in [4.78, 5) is 33.5. The first-order chi connectivity index (χ1) is 9.92. The molecule has 1 aromatic rings. The van der Waals surface area contributed by atoms with Crippen molar-refractivity contribution in [3.63, 3.8) is 0 Å². The normalized spacial score (nSPS) is 11.3. The van der Waals surface area contributed by atoms with Crippen LogP contribution in [-0.4, -0.2) is 36.1 Å². The number of carbonyl (C=O) groups is 3. The number of urea groups is 1. The highest BCUT2D eigenvalue weighted by atomic mass is 16.4. The van der Waals surface area contributed by atoms with Gasteiger partial charge in [-0.3, -0.25) is 9.59 Å². The van der Waals surface area contributed by atoms with E-state index in [1.54, 1.807) is 31.2 Å². The van der Waals surface area contributed by atoms with Crippen LogP contribution in [0, 0.1) is 0 Å². The Morgan fingerprint density at radius 1 is 1.29 bits per heavy atom. The number of hydrogen-bond acceptors (Lipinski definition) is 3. The van der Waals surface area contributed by atoms with Gasteiger partial charge in [0.25, 0.3) is 0 Å². The first-order valence-corrected chi connectivity index (χ1v) is 6.52. The minimum Gasteiger partial charge on any atom is -0.481 e. The van der Waals surface area contributed by atoms with Crippen molar-refractivity contribution in [2.45, 2.75) is 25.8 Å². The molecule has 0 heterocycles. The van der Waals surface area contributed by atoms with E-state index in [4.69, 9.17) is 5.11 Å². The largest absolute Gasteiger partial charge is 0.481 e. The van der Waals surface area contributed by atoms with Gasteiger partial charge >= 0.3 is 12.0 Å². The minimum atomic E-state index is -0.870. The van der Waals surface area contributed by atoms with Gasteiger partial charge in [0.05, 0.1) is 0 Å². The number of amides is 3. The van der Waals surface area contributed by atoms with Crippen LogP contribution in [0.1, 0.15) is 18.9 Å². The van der Waals surface area contributed by atoms with E-state index in [2.05, 4.69) is 16.0 Å². The molecule has 7 nitrogen and oxygen atoms in total. The molecule has 1 unspecified atom stereocenters. The molecule has 0 aliphatic heterocycles. The van der Waals surface area contributed by atoms with Crippen molar-refractivity contribution in [3.8, 4) is 0 Å². The van der Waals surface area contributed by atoms with Gasteiger partial charge < -0.3 is 21.1 Å². The molecule has 0 aliphatic carbocycles. The van der Waals surface area contributed by atoms with E-state index in [0.29, 0.717) is 12.1 Å². The summed E-state index contributed by atoms with van der Waals surface area (Å²) in [7, 11) is 1.49. The molecule has 0 saturated carbocycles. The molecular weight excluding hydrogens is 274 g/mol. The summed E-state index contributed by atoms with van der Waals surface area (Å²) >= 11 is 0. The number of aliphatic carboxylic acids is 1. The van der Waals surface area contributed by atoms with E-state index in [0.717, 1.165) is 5.56 Å². The van der Waals surface area contributed by atoms with Gasteiger partial charge in [-0.25, -0.2) is 4.79 Å². The number of benzene rings is 1. The summed E-state index contributed by atoms with van der Waals surface area (Å²) in [6.45, 7) is 1.57. The van der Waals surface area contributed by atoms with E-state index < -0.39 is 18.0 Å². The van der Waals surface area contributed by atoms with Gasteiger partial charge in [-0.1, -0.05) is 12.1 Å². The summed E-state index contributed by atoms with van der Waals surface area (Å²) < 4.78 is 0. The molecule has 0 aliphatic rings. The molecule has 3 amide bonds. The Morgan fingerprint density at radius 2 is 2.00 bits per heavy atom. The number of hydrogen-bond donors (Lipinski definition) is 4. The van der Waals surface area contributed by atoms with Crippen LogP contribution >= 0.6 is 0 Å². The third-order valence-electron chi connectivity index (χ3n) is 2.80. The smallest absolute Gasteiger partial charge is 0.319 e. The van der Waals surface area contributed by atoms with E-state index in [1.165, 1.54) is 7.05 Å². The highest BCUT2D eigenvalue weighted by Gasteiger charge is 2.13. The van der Waals surface area contributed by atoms with Gasteiger partial charge in [-0.2, -0.15) is 0 Å². The number of rotatable bonds is 6. The monoisotopic (exact) mass is 293 g/mol. The fourth-order valence-corrected chi connectivity index (χ4v) is 1.70. The fraction of sp³-hybridized carbons (Fsp3) is 0.357. The average Bonchev–Trinajstić information content (AvgIpc) is 2.44. The molecule has 4 N–H and O–H groups in total. The lowest BCUT2D eigenvalue weighted by molar-refractivity contribution is -0.137. The number of anilines is 1. The zero-order valence-electron chi connectivity index (χ0n) is 12.0. The Labute approximate surface area is 122 Å². The molecule has 1 rings (SSSR count). The lowest BCUT2D eigenvalue weighted by atomic mass is 10.1. The Morgan fingerprint density at radius 3 is 2.62 bits per heavy atom. The average molecular weight is 293 g/mol. The van der Waals surface area contributed by atoms with Crippen LogP contribution in [0.3, 0.4) is 0 Å². The summed E-state index contributed by atoms with van der Waals surface area (Å²) in [6, 6.07) is 5.77. The topological polar surface area (TPSA) is 108 Å². The highest BCUT2D eigenvalue weighted by Crippen LogP contribution is 2.12. The number of likely N-dealkylation sites (N-methyl/N-ethyl adjacent to an activating group) is 1. The van der Waals surface area contributed by atoms with Crippen molar-refractivity contribution in [3.05, 3.63) is 29.8 Å². The third-order valence-corrected chi connectivity index (χ3v) is 2.80. The van der Waals surface area contributed by atoms with Gasteiger partial charge in [0.15, 0.2) is 0 Å².